The summed E-state index contributed by atoms with van der Waals surface area (Å²) in [6, 6.07) is 5.84. The van der Waals surface area contributed by atoms with E-state index in [-0.39, 0.29) is 5.91 Å². The van der Waals surface area contributed by atoms with Crippen LogP contribution in [0.1, 0.15) is 19.8 Å². The van der Waals surface area contributed by atoms with Crippen molar-refractivity contribution < 1.29 is 27.6 Å². The summed E-state index contributed by atoms with van der Waals surface area (Å²) in [5.41, 5.74) is 0.956. The third-order valence-electron chi connectivity index (χ3n) is 3.74. The highest BCUT2D eigenvalue weighted by Gasteiger charge is 2.37. The average Bonchev–Trinajstić information content (AvgIpc) is 2.99. The average molecular weight is 369 g/mol. The van der Waals surface area contributed by atoms with Crippen LogP contribution in [0, 0.1) is 0 Å². The van der Waals surface area contributed by atoms with E-state index >= 15 is 0 Å². The van der Waals surface area contributed by atoms with E-state index in [0.717, 1.165) is 6.20 Å². The summed E-state index contributed by atoms with van der Waals surface area (Å²) in [4.78, 5) is 35.8. The largest absolute Gasteiger partial charge is 0.454 e. The number of ketones is 1. The summed E-state index contributed by atoms with van der Waals surface area (Å²) in [5.74, 6) is -2.62. The molecule has 0 aromatic heterocycles. The van der Waals surface area contributed by atoms with Gasteiger partial charge in [-0.2, -0.15) is 13.2 Å². The number of rotatable bonds is 5. The highest BCUT2D eigenvalue weighted by Crippen LogP contribution is 2.22. The molecule has 2 N–H and O–H groups in total. The number of hydrogen-bond acceptors (Lipinski definition) is 4. The molecule has 2 amide bonds. The van der Waals surface area contributed by atoms with Crippen molar-refractivity contribution >= 4 is 29.0 Å². The summed E-state index contributed by atoms with van der Waals surface area (Å²) >= 11 is 0. The summed E-state index contributed by atoms with van der Waals surface area (Å²) in [6.45, 7) is 1.74. The quantitative estimate of drug-likeness (QED) is 0.783. The summed E-state index contributed by atoms with van der Waals surface area (Å²) in [6.07, 6.45) is -2.40. The minimum atomic E-state index is -4.93. The van der Waals surface area contributed by atoms with Crippen molar-refractivity contribution in [2.24, 2.45) is 0 Å². The molecule has 1 aliphatic rings. The van der Waals surface area contributed by atoms with E-state index in [1.165, 1.54) is 11.8 Å². The summed E-state index contributed by atoms with van der Waals surface area (Å²) in [5, 5.41) is 5.26. The molecule has 140 valence electrons. The summed E-state index contributed by atoms with van der Waals surface area (Å²) in [7, 11) is 0. The first kappa shape index (κ1) is 19.5. The number of carbonyl (C=O) groups is 3. The first-order valence-corrected chi connectivity index (χ1v) is 7.90. The van der Waals surface area contributed by atoms with Crippen molar-refractivity contribution in [2.75, 3.05) is 17.2 Å². The van der Waals surface area contributed by atoms with E-state index in [4.69, 9.17) is 0 Å². The van der Waals surface area contributed by atoms with Gasteiger partial charge in [-0.05, 0) is 31.0 Å². The van der Waals surface area contributed by atoms with Crippen LogP contribution in [0.3, 0.4) is 0 Å². The van der Waals surface area contributed by atoms with E-state index in [1.54, 1.807) is 24.3 Å². The van der Waals surface area contributed by atoms with Gasteiger partial charge in [-0.1, -0.05) is 6.07 Å². The second-order valence-electron chi connectivity index (χ2n) is 5.82. The van der Waals surface area contributed by atoms with Gasteiger partial charge in [-0.15, -0.1) is 0 Å². The van der Waals surface area contributed by atoms with Crippen LogP contribution in [0.15, 0.2) is 36.5 Å². The number of alkyl halides is 3. The van der Waals surface area contributed by atoms with Gasteiger partial charge in [0.2, 0.25) is 11.8 Å². The monoisotopic (exact) mass is 369 g/mol. The van der Waals surface area contributed by atoms with Gasteiger partial charge in [0.1, 0.15) is 6.04 Å². The van der Waals surface area contributed by atoms with Crippen molar-refractivity contribution in [3.8, 4) is 0 Å². The first-order valence-electron chi connectivity index (χ1n) is 7.90. The van der Waals surface area contributed by atoms with Gasteiger partial charge < -0.3 is 15.5 Å². The Morgan fingerprint density at radius 2 is 1.85 bits per heavy atom. The standard InChI is InChI=1S/C17H18F3N3O3/c1-11(24)21-12-4-2-5-13(10-12)22-16(26)14-6-3-8-23(14)9-7-15(25)17(18,19)20/h2,4-5,7,9-10,14H,3,6,8H2,1H3,(H,21,24)(H,22,26)/b9-7+/t14-/m0/s1. The molecule has 1 aromatic carbocycles. The van der Waals surface area contributed by atoms with E-state index < -0.39 is 23.9 Å². The first-order chi connectivity index (χ1) is 12.2. The molecule has 0 saturated carbocycles. The zero-order valence-electron chi connectivity index (χ0n) is 14.0. The lowest BCUT2D eigenvalue weighted by atomic mass is 10.2. The molecule has 1 aliphatic heterocycles. The molecule has 0 aliphatic carbocycles. The molecule has 0 unspecified atom stereocenters. The zero-order valence-corrected chi connectivity index (χ0v) is 14.0. The van der Waals surface area contributed by atoms with Crippen LogP contribution in [0.2, 0.25) is 0 Å². The Balaban J connectivity index is 2.03. The molecule has 26 heavy (non-hydrogen) atoms. The molecular formula is C17H18F3N3O3. The number of carbonyl (C=O) groups excluding carboxylic acids is 3. The Kier molecular flexibility index (Phi) is 6.01. The Bertz CT molecular complexity index is 731. The third kappa shape index (κ3) is 5.33. The van der Waals surface area contributed by atoms with Crippen molar-refractivity contribution in [1.29, 1.82) is 0 Å². The zero-order chi connectivity index (χ0) is 19.3. The van der Waals surface area contributed by atoms with E-state index in [0.29, 0.717) is 36.8 Å². The topological polar surface area (TPSA) is 78.5 Å². The number of hydrogen-bond donors (Lipinski definition) is 2. The van der Waals surface area contributed by atoms with Gasteiger partial charge in [0.15, 0.2) is 0 Å². The Hall–Kier alpha value is -2.84. The number of likely N-dealkylation sites (tertiary alicyclic amines) is 1. The molecule has 1 aromatic rings. The van der Waals surface area contributed by atoms with Gasteiger partial charge >= 0.3 is 6.18 Å². The molecule has 0 bridgehead atoms. The summed E-state index contributed by atoms with van der Waals surface area (Å²) < 4.78 is 36.8. The van der Waals surface area contributed by atoms with Gasteiger partial charge in [-0.3, -0.25) is 14.4 Å². The third-order valence-corrected chi connectivity index (χ3v) is 3.74. The second-order valence-corrected chi connectivity index (χ2v) is 5.82. The molecule has 1 fully saturated rings. The van der Waals surface area contributed by atoms with Crippen LogP contribution in [0.5, 0.6) is 0 Å². The lowest BCUT2D eigenvalue weighted by Crippen LogP contribution is -2.36. The van der Waals surface area contributed by atoms with Gasteiger partial charge in [0.25, 0.3) is 5.78 Å². The molecule has 6 nitrogen and oxygen atoms in total. The fraction of sp³-hybridized carbons (Fsp3) is 0.353. The smallest absolute Gasteiger partial charge is 0.365 e. The number of halogens is 3. The Labute approximate surface area is 148 Å². The number of nitrogens with zero attached hydrogens (tertiary/aromatic N) is 1. The number of amides is 2. The van der Waals surface area contributed by atoms with E-state index in [2.05, 4.69) is 10.6 Å². The van der Waals surface area contributed by atoms with Crippen LogP contribution in [-0.4, -0.2) is 41.3 Å². The maximum absolute atomic E-state index is 12.4. The highest BCUT2D eigenvalue weighted by molar-refractivity contribution is 5.97. The Morgan fingerprint density at radius 3 is 2.46 bits per heavy atom. The molecule has 1 heterocycles. The highest BCUT2D eigenvalue weighted by atomic mass is 19.4. The van der Waals surface area contributed by atoms with Crippen LogP contribution < -0.4 is 10.6 Å². The predicted octanol–water partition coefficient (Wildman–Crippen LogP) is 2.69. The van der Waals surface area contributed by atoms with Crippen LogP contribution in [-0.2, 0) is 14.4 Å². The van der Waals surface area contributed by atoms with Crippen molar-refractivity contribution in [3.63, 3.8) is 0 Å². The van der Waals surface area contributed by atoms with Gasteiger partial charge in [-0.25, -0.2) is 0 Å². The molecule has 1 atom stereocenters. The van der Waals surface area contributed by atoms with Crippen molar-refractivity contribution in [2.45, 2.75) is 32.0 Å². The number of allylic oxidation sites excluding steroid dienone is 1. The fourth-order valence-corrected chi connectivity index (χ4v) is 2.61. The lowest BCUT2D eigenvalue weighted by molar-refractivity contribution is -0.165. The SMILES string of the molecule is CC(=O)Nc1cccc(NC(=O)[C@@H]2CCCN2/C=C/C(=O)C(F)(F)F)c1. The number of anilines is 2. The molecule has 9 heteroatoms. The lowest BCUT2D eigenvalue weighted by Gasteiger charge is -2.22. The maximum Gasteiger partial charge on any atom is 0.454 e. The molecular weight excluding hydrogens is 351 g/mol. The minimum absolute atomic E-state index is 0.255. The van der Waals surface area contributed by atoms with Crippen LogP contribution in [0.4, 0.5) is 24.5 Å². The molecule has 0 spiro atoms. The second kappa shape index (κ2) is 8.03. The van der Waals surface area contributed by atoms with E-state index in [1.807, 2.05) is 0 Å². The van der Waals surface area contributed by atoms with Crippen molar-refractivity contribution in [3.05, 3.63) is 36.5 Å². The van der Waals surface area contributed by atoms with Crippen LogP contribution in [0.25, 0.3) is 0 Å². The number of nitrogens with one attached hydrogen (secondary N) is 2. The van der Waals surface area contributed by atoms with Gasteiger partial charge in [0, 0.05) is 37.1 Å². The fourth-order valence-electron chi connectivity index (χ4n) is 2.61. The van der Waals surface area contributed by atoms with E-state index in [9.17, 15) is 27.6 Å². The van der Waals surface area contributed by atoms with Crippen molar-refractivity contribution in [1.82, 2.24) is 4.90 Å². The molecule has 2 rings (SSSR count). The maximum atomic E-state index is 12.4. The van der Waals surface area contributed by atoms with Gasteiger partial charge in [0.05, 0.1) is 0 Å². The predicted molar refractivity (Wildman–Crippen MR) is 89.3 cm³/mol. The normalized spacial score (nSPS) is 17.4. The minimum Gasteiger partial charge on any atom is -0.365 e. The van der Waals surface area contributed by atoms with Crippen LogP contribution >= 0.6 is 0 Å². The number of benzene rings is 1. The Morgan fingerprint density at radius 1 is 1.19 bits per heavy atom. The molecule has 1 saturated heterocycles. The molecule has 0 radical (unpaired) electrons.